The van der Waals surface area contributed by atoms with Gasteiger partial charge in [0.25, 0.3) is 0 Å². The summed E-state index contributed by atoms with van der Waals surface area (Å²) in [4.78, 5) is 13.8. The van der Waals surface area contributed by atoms with Crippen molar-refractivity contribution in [3.8, 4) is 0 Å². The predicted octanol–water partition coefficient (Wildman–Crippen LogP) is 4.25. The van der Waals surface area contributed by atoms with E-state index < -0.39 is 12.0 Å². The van der Waals surface area contributed by atoms with Gasteiger partial charge in [0.05, 0.1) is 5.54 Å². The molecule has 1 heterocycles. The fourth-order valence-electron chi connectivity index (χ4n) is 3.37. The van der Waals surface area contributed by atoms with Gasteiger partial charge in [0.15, 0.2) is 0 Å². The maximum absolute atomic E-state index is 11.8. The topological polar surface area (TPSA) is 40.5 Å². The summed E-state index contributed by atoms with van der Waals surface area (Å²) in [6.07, 6.45) is 3.69. The zero-order valence-corrected chi connectivity index (χ0v) is 13.6. The number of aryl methyl sites for hydroxylation is 1. The zero-order chi connectivity index (χ0) is 15.8. The molecule has 3 heteroatoms. The highest BCUT2D eigenvalue weighted by atomic mass is 16.4. The number of nitrogens with zero attached hydrogens (tertiary/aromatic N) is 1. The molecule has 1 aromatic rings. The molecule has 0 amide bonds. The smallest absolute Gasteiger partial charge is 0.326 e. The van der Waals surface area contributed by atoms with E-state index in [0.29, 0.717) is 6.42 Å². The first-order valence-electron chi connectivity index (χ1n) is 7.60. The molecule has 0 unspecified atom stereocenters. The van der Waals surface area contributed by atoms with Crippen molar-refractivity contribution < 1.29 is 9.90 Å². The first kappa shape index (κ1) is 15.6. The molecule has 1 aliphatic heterocycles. The van der Waals surface area contributed by atoms with Gasteiger partial charge < -0.3 is 10.0 Å². The van der Waals surface area contributed by atoms with Gasteiger partial charge in [0.2, 0.25) is 0 Å². The Kier molecular flexibility index (Phi) is 4.13. The summed E-state index contributed by atoms with van der Waals surface area (Å²) in [5, 5.41) is 9.67. The number of carboxylic acids is 1. The van der Waals surface area contributed by atoms with Gasteiger partial charge in [0.1, 0.15) is 6.04 Å². The number of anilines is 1. The summed E-state index contributed by atoms with van der Waals surface area (Å²) >= 11 is 0. The van der Waals surface area contributed by atoms with Gasteiger partial charge >= 0.3 is 5.97 Å². The number of carbonyl (C=O) groups is 1. The van der Waals surface area contributed by atoms with Crippen molar-refractivity contribution in [2.45, 2.75) is 59.0 Å². The number of aliphatic carboxylic acids is 1. The van der Waals surface area contributed by atoms with E-state index in [1.54, 1.807) is 0 Å². The van der Waals surface area contributed by atoms with Crippen LogP contribution in [0.5, 0.6) is 0 Å². The maximum atomic E-state index is 11.8. The number of rotatable bonds is 4. The molecule has 0 saturated heterocycles. The van der Waals surface area contributed by atoms with Gasteiger partial charge in [-0.15, -0.1) is 0 Å². The highest BCUT2D eigenvalue weighted by Crippen LogP contribution is 2.41. The average Bonchev–Trinajstić information content (AvgIpc) is 2.37. The fourth-order valence-corrected chi connectivity index (χ4v) is 3.37. The molecule has 1 aromatic carbocycles. The third kappa shape index (κ3) is 2.82. The van der Waals surface area contributed by atoms with Crippen LogP contribution in [0.1, 0.15) is 51.7 Å². The van der Waals surface area contributed by atoms with Crippen LogP contribution in [0.25, 0.3) is 5.57 Å². The Balaban J connectivity index is 2.61. The lowest BCUT2D eigenvalue weighted by Gasteiger charge is -2.46. The number of carboxylic acid groups (broad SMARTS) is 1. The van der Waals surface area contributed by atoms with E-state index in [9.17, 15) is 9.90 Å². The summed E-state index contributed by atoms with van der Waals surface area (Å²) in [6, 6.07) is 5.78. The van der Waals surface area contributed by atoms with Crippen molar-refractivity contribution in [2.24, 2.45) is 0 Å². The van der Waals surface area contributed by atoms with E-state index in [2.05, 4.69) is 56.9 Å². The van der Waals surface area contributed by atoms with Crippen LogP contribution in [0.4, 0.5) is 5.69 Å². The molecule has 3 nitrogen and oxygen atoms in total. The number of benzene rings is 1. The van der Waals surface area contributed by atoms with Crippen molar-refractivity contribution in [1.82, 2.24) is 0 Å². The Hall–Kier alpha value is -1.77. The molecule has 0 saturated carbocycles. The standard InChI is InChI=1S/C18H25NO2/c1-6-7-16(17(20)21)19-15-9-8-12(2)10-14(15)13(3)11-18(19,4)5/h8-11,16H,6-7H2,1-5H3,(H,20,21)/t16-/m0/s1. The van der Waals surface area contributed by atoms with Crippen molar-refractivity contribution in [2.75, 3.05) is 4.90 Å². The van der Waals surface area contributed by atoms with E-state index in [1.165, 1.54) is 11.1 Å². The summed E-state index contributed by atoms with van der Waals surface area (Å²) in [6.45, 7) is 10.4. The molecule has 0 fully saturated rings. The lowest BCUT2D eigenvalue weighted by Crippen LogP contribution is -2.54. The first-order valence-corrected chi connectivity index (χ1v) is 7.60. The monoisotopic (exact) mass is 287 g/mol. The Morgan fingerprint density at radius 2 is 2.00 bits per heavy atom. The lowest BCUT2D eigenvalue weighted by molar-refractivity contribution is -0.139. The molecule has 1 N–H and O–H groups in total. The van der Waals surface area contributed by atoms with Crippen LogP contribution in [0.2, 0.25) is 0 Å². The fraction of sp³-hybridized carbons (Fsp3) is 0.500. The second-order valence-corrected chi connectivity index (χ2v) is 6.51. The van der Waals surface area contributed by atoms with Crippen molar-refractivity contribution >= 4 is 17.2 Å². The van der Waals surface area contributed by atoms with Crippen LogP contribution in [0.3, 0.4) is 0 Å². The minimum absolute atomic E-state index is 0.301. The van der Waals surface area contributed by atoms with E-state index in [0.717, 1.165) is 17.7 Å². The molecule has 2 rings (SSSR count). The molecule has 0 bridgehead atoms. The van der Waals surface area contributed by atoms with Gasteiger partial charge in [-0.2, -0.15) is 0 Å². The van der Waals surface area contributed by atoms with Gasteiger partial charge in [-0.25, -0.2) is 4.79 Å². The molecule has 0 aromatic heterocycles. The van der Waals surface area contributed by atoms with Crippen molar-refractivity contribution in [1.29, 1.82) is 0 Å². The number of hydrogen-bond acceptors (Lipinski definition) is 2. The van der Waals surface area contributed by atoms with E-state index >= 15 is 0 Å². The van der Waals surface area contributed by atoms with Crippen LogP contribution < -0.4 is 4.90 Å². The minimum Gasteiger partial charge on any atom is -0.480 e. The number of fused-ring (bicyclic) bond motifs is 1. The van der Waals surface area contributed by atoms with Crippen LogP contribution in [0.15, 0.2) is 24.3 Å². The quantitative estimate of drug-likeness (QED) is 0.900. The van der Waals surface area contributed by atoms with Gasteiger partial charge in [-0.3, -0.25) is 0 Å². The van der Waals surface area contributed by atoms with Gasteiger partial charge in [-0.05, 0) is 51.8 Å². The molecule has 0 aliphatic carbocycles. The Labute approximate surface area is 127 Å². The second-order valence-electron chi connectivity index (χ2n) is 6.51. The molecule has 0 radical (unpaired) electrons. The summed E-state index contributed by atoms with van der Waals surface area (Å²) in [7, 11) is 0. The normalized spacial score (nSPS) is 18.0. The van der Waals surface area contributed by atoms with Gasteiger partial charge in [0, 0.05) is 11.3 Å². The van der Waals surface area contributed by atoms with E-state index in [4.69, 9.17) is 0 Å². The Morgan fingerprint density at radius 1 is 1.33 bits per heavy atom. The molecular formula is C18H25NO2. The maximum Gasteiger partial charge on any atom is 0.326 e. The summed E-state index contributed by atoms with van der Waals surface area (Å²) in [5.74, 6) is -0.746. The van der Waals surface area contributed by atoms with E-state index in [1.807, 2.05) is 6.92 Å². The molecule has 1 aliphatic rings. The van der Waals surface area contributed by atoms with Crippen molar-refractivity contribution in [3.63, 3.8) is 0 Å². The van der Waals surface area contributed by atoms with Crippen molar-refractivity contribution in [3.05, 3.63) is 35.4 Å². The molecule has 21 heavy (non-hydrogen) atoms. The molecule has 114 valence electrons. The Bertz CT molecular complexity index is 587. The van der Waals surface area contributed by atoms with Crippen LogP contribution in [-0.4, -0.2) is 22.7 Å². The molecular weight excluding hydrogens is 262 g/mol. The summed E-state index contributed by atoms with van der Waals surface area (Å²) in [5.41, 5.74) is 4.30. The molecule has 0 spiro atoms. The van der Waals surface area contributed by atoms with Crippen LogP contribution in [0, 0.1) is 6.92 Å². The highest BCUT2D eigenvalue weighted by Gasteiger charge is 2.38. The largest absolute Gasteiger partial charge is 0.480 e. The Morgan fingerprint density at radius 3 is 2.57 bits per heavy atom. The number of allylic oxidation sites excluding steroid dienone is 1. The second kappa shape index (κ2) is 5.55. The summed E-state index contributed by atoms with van der Waals surface area (Å²) < 4.78 is 0. The third-order valence-electron chi connectivity index (χ3n) is 4.19. The minimum atomic E-state index is -0.746. The third-order valence-corrected chi connectivity index (χ3v) is 4.19. The lowest BCUT2D eigenvalue weighted by atomic mass is 9.86. The first-order chi connectivity index (χ1) is 9.77. The van der Waals surface area contributed by atoms with Crippen LogP contribution in [-0.2, 0) is 4.79 Å². The van der Waals surface area contributed by atoms with E-state index in [-0.39, 0.29) is 5.54 Å². The average molecular weight is 287 g/mol. The highest BCUT2D eigenvalue weighted by molar-refractivity contribution is 5.87. The molecule has 1 atom stereocenters. The van der Waals surface area contributed by atoms with Gasteiger partial charge in [-0.1, -0.05) is 31.1 Å². The van der Waals surface area contributed by atoms with Crippen LogP contribution >= 0.6 is 0 Å². The zero-order valence-electron chi connectivity index (χ0n) is 13.6. The number of hydrogen-bond donors (Lipinski definition) is 1. The SMILES string of the molecule is CCC[C@@H](C(=O)O)N1c2ccc(C)cc2C(C)=CC1(C)C. The predicted molar refractivity (Wildman–Crippen MR) is 87.7 cm³/mol.